The van der Waals surface area contributed by atoms with Crippen molar-refractivity contribution in [3.05, 3.63) is 0 Å². The van der Waals surface area contributed by atoms with Gasteiger partial charge >= 0.3 is 5.97 Å². The maximum atomic E-state index is 11.8. The lowest BCUT2D eigenvalue weighted by atomic mass is 9.69. The number of aliphatic carboxylic acids is 1. The lowest BCUT2D eigenvalue weighted by molar-refractivity contribution is -0.149. The smallest absolute Gasteiger partial charge is 0.323 e. The molecule has 3 N–H and O–H groups in total. The highest BCUT2D eigenvalue weighted by atomic mass is 18.2. The van der Waals surface area contributed by atoms with E-state index in [1.165, 1.54) is 0 Å². The molecule has 0 unspecified atom stereocenters. The molecule has 4 heteroatoms. The Morgan fingerprint density at radius 3 is 2.60 bits per heavy atom. The predicted molar refractivity (Wildman–Crippen MR) is 33.3 cm³/mol. The minimum atomic E-state index is -1.13. The topological polar surface area (TPSA) is 63.3 Å². The number of hydrogen-bond donors (Lipinski definition) is 2. The van der Waals surface area contributed by atoms with Gasteiger partial charge in [0.15, 0.2) is 0 Å². The van der Waals surface area contributed by atoms with E-state index in [0.29, 0.717) is 0 Å². The maximum absolute atomic E-state index is 11.8. The molecule has 0 heterocycles. The number of hydrogen-bond acceptors (Lipinski definition) is 2. The van der Waals surface area contributed by atoms with E-state index in [1.807, 2.05) is 0 Å². The minimum absolute atomic E-state index is 0.124. The summed E-state index contributed by atoms with van der Waals surface area (Å²) in [5.74, 6) is -1.14. The summed E-state index contributed by atoms with van der Waals surface area (Å²) in [5.41, 5.74) is 4.22. The molecule has 0 aliphatic heterocycles. The summed E-state index contributed by atoms with van der Waals surface area (Å²) in [5, 5.41) is 8.46. The molecule has 1 saturated carbocycles. The van der Waals surface area contributed by atoms with E-state index >= 15 is 0 Å². The molecular weight excluding hydrogens is 136 g/mol. The normalized spacial score (nSPS) is 38.8. The van der Waals surface area contributed by atoms with Gasteiger partial charge in [-0.05, 0) is 18.8 Å². The summed E-state index contributed by atoms with van der Waals surface area (Å²) in [6.07, 6.45) is 0.553. The van der Waals surface area contributed by atoms with Gasteiger partial charge in [0.1, 0.15) is 5.54 Å². The van der Waals surface area contributed by atoms with E-state index in [9.17, 15) is 9.18 Å². The first-order chi connectivity index (χ1) is 4.58. The molecule has 1 fully saturated rings. The SMILES string of the molecule is NC1(C(=O)O)CC(C[18F])C1. The first-order valence-corrected chi connectivity index (χ1v) is 3.17. The van der Waals surface area contributed by atoms with Gasteiger partial charge in [-0.2, -0.15) is 0 Å². The van der Waals surface area contributed by atoms with E-state index in [0.717, 1.165) is 0 Å². The third-order valence-electron chi connectivity index (χ3n) is 1.95. The molecule has 3 nitrogen and oxygen atoms in total. The molecule has 58 valence electrons. The van der Waals surface area contributed by atoms with Crippen LogP contribution in [0.25, 0.3) is 0 Å². The molecular formula is C6H10FNO2. The molecule has 0 aromatic rings. The lowest BCUT2D eigenvalue weighted by Gasteiger charge is -2.39. The summed E-state index contributed by atoms with van der Waals surface area (Å²) in [6.45, 7) is -0.452. The Morgan fingerprint density at radius 1 is 1.80 bits per heavy atom. The first kappa shape index (κ1) is 7.47. The van der Waals surface area contributed by atoms with Gasteiger partial charge in [0, 0.05) is 0 Å². The zero-order chi connectivity index (χ0) is 7.78. The van der Waals surface area contributed by atoms with Crippen molar-refractivity contribution in [1.29, 1.82) is 0 Å². The number of nitrogens with two attached hydrogens (primary N) is 1. The largest absolute Gasteiger partial charge is 0.480 e. The molecule has 0 spiro atoms. The van der Waals surface area contributed by atoms with Gasteiger partial charge in [-0.1, -0.05) is 0 Å². The highest BCUT2D eigenvalue weighted by Crippen LogP contribution is 2.35. The zero-order valence-electron chi connectivity index (χ0n) is 5.51. The molecule has 1 rings (SSSR count). The van der Waals surface area contributed by atoms with Crippen LogP contribution in [0.15, 0.2) is 0 Å². The monoisotopic (exact) mass is 146 g/mol. The van der Waals surface area contributed by atoms with Gasteiger partial charge in [0.2, 0.25) is 0 Å². The summed E-state index contributed by atoms with van der Waals surface area (Å²) < 4.78 is 11.8. The maximum Gasteiger partial charge on any atom is 0.323 e. The van der Waals surface area contributed by atoms with Gasteiger partial charge in [0.05, 0.1) is 6.67 Å². The van der Waals surface area contributed by atoms with Gasteiger partial charge in [-0.15, -0.1) is 0 Å². The van der Waals surface area contributed by atoms with Crippen molar-refractivity contribution in [2.75, 3.05) is 6.67 Å². The van der Waals surface area contributed by atoms with Crippen LogP contribution in [-0.2, 0) is 4.79 Å². The van der Waals surface area contributed by atoms with Crippen LogP contribution >= 0.6 is 0 Å². The Balaban J connectivity index is 2.42. The standard InChI is InChI=1S/C6H10FNO2/c7-3-4-1-6(8,2-4)5(9)10/h4H,1-3,8H2,(H,9,10)/i7-1. The average Bonchev–Trinajstić information content (AvgIpc) is 1.80. The number of rotatable bonds is 2. The fourth-order valence-corrected chi connectivity index (χ4v) is 1.25. The molecule has 1 aliphatic rings. The fourth-order valence-electron chi connectivity index (χ4n) is 1.25. The molecule has 10 heavy (non-hydrogen) atoms. The Bertz CT molecular complexity index is 154. The van der Waals surface area contributed by atoms with Crippen LogP contribution in [-0.4, -0.2) is 23.3 Å². The molecule has 0 aromatic carbocycles. The Kier molecular flexibility index (Phi) is 1.64. The van der Waals surface area contributed by atoms with Crippen LogP contribution in [0.2, 0.25) is 0 Å². The summed E-state index contributed by atoms with van der Waals surface area (Å²) in [6, 6.07) is 0. The summed E-state index contributed by atoms with van der Waals surface area (Å²) >= 11 is 0. The average molecular weight is 146 g/mol. The van der Waals surface area contributed by atoms with Crippen LogP contribution < -0.4 is 5.73 Å². The van der Waals surface area contributed by atoms with Crippen LogP contribution in [0.1, 0.15) is 12.8 Å². The van der Waals surface area contributed by atoms with E-state index < -0.39 is 18.2 Å². The third-order valence-corrected chi connectivity index (χ3v) is 1.95. The van der Waals surface area contributed by atoms with Crippen molar-refractivity contribution in [2.24, 2.45) is 11.7 Å². The first-order valence-electron chi connectivity index (χ1n) is 3.17. The highest BCUT2D eigenvalue weighted by molar-refractivity contribution is 5.79. The van der Waals surface area contributed by atoms with E-state index in [2.05, 4.69) is 0 Å². The van der Waals surface area contributed by atoms with Crippen LogP contribution in [0.4, 0.5) is 4.39 Å². The fraction of sp³-hybridized carbons (Fsp3) is 0.833. The number of halogens is 1. The number of alkyl halides is 1. The van der Waals surface area contributed by atoms with E-state index in [-0.39, 0.29) is 18.8 Å². The van der Waals surface area contributed by atoms with Crippen molar-refractivity contribution >= 4 is 5.97 Å². The van der Waals surface area contributed by atoms with Crippen molar-refractivity contribution in [3.63, 3.8) is 0 Å². The van der Waals surface area contributed by atoms with Crippen molar-refractivity contribution in [3.8, 4) is 0 Å². The Hall–Kier alpha value is -0.640. The number of carboxylic acid groups (broad SMARTS) is 1. The van der Waals surface area contributed by atoms with Crippen LogP contribution in [0, 0.1) is 5.92 Å². The molecule has 0 radical (unpaired) electrons. The lowest BCUT2D eigenvalue weighted by Crippen LogP contribution is -2.58. The quantitative estimate of drug-likeness (QED) is 0.582. The Morgan fingerprint density at radius 2 is 2.30 bits per heavy atom. The zero-order valence-corrected chi connectivity index (χ0v) is 5.51. The second-order valence-corrected chi connectivity index (χ2v) is 2.89. The number of carbonyl (C=O) groups is 1. The second kappa shape index (κ2) is 2.20. The van der Waals surface area contributed by atoms with Crippen molar-refractivity contribution in [2.45, 2.75) is 18.4 Å². The van der Waals surface area contributed by atoms with E-state index in [4.69, 9.17) is 10.8 Å². The molecule has 0 bridgehead atoms. The van der Waals surface area contributed by atoms with Gasteiger partial charge < -0.3 is 10.8 Å². The summed E-state index contributed by atoms with van der Waals surface area (Å²) in [7, 11) is 0. The van der Waals surface area contributed by atoms with Crippen molar-refractivity contribution in [1.82, 2.24) is 0 Å². The molecule has 0 amide bonds. The highest BCUT2D eigenvalue weighted by Gasteiger charge is 2.47. The van der Waals surface area contributed by atoms with E-state index in [1.54, 1.807) is 0 Å². The van der Waals surface area contributed by atoms with Gasteiger partial charge in [-0.25, -0.2) is 0 Å². The summed E-state index contributed by atoms with van der Waals surface area (Å²) in [4.78, 5) is 10.3. The minimum Gasteiger partial charge on any atom is -0.480 e. The second-order valence-electron chi connectivity index (χ2n) is 2.89. The molecule has 0 atom stereocenters. The predicted octanol–water partition coefficient (Wildman–Crippen LogP) is 0.148. The Labute approximate surface area is 58.0 Å². The van der Waals surface area contributed by atoms with Crippen LogP contribution in [0.5, 0.6) is 0 Å². The van der Waals surface area contributed by atoms with Crippen LogP contribution in [0.3, 0.4) is 0 Å². The number of carboxylic acids is 1. The third kappa shape index (κ3) is 0.988. The molecule has 1 aliphatic carbocycles. The molecule has 0 saturated heterocycles. The van der Waals surface area contributed by atoms with Gasteiger partial charge in [-0.3, -0.25) is 9.18 Å². The van der Waals surface area contributed by atoms with Gasteiger partial charge in [0.25, 0.3) is 0 Å². The van der Waals surface area contributed by atoms with Crippen molar-refractivity contribution < 1.29 is 14.3 Å². The molecule has 0 aromatic heterocycles.